The standard InChI is InChI=1S/C17H24N6O3S/c1-17(2,3)15-11-14(19-20-15)16(24)21-22-27(25,26)13-7-5-12(6-8-13)23-10-4-9-18-23/h4-10,14-15,19-20,22H,11H2,1-3H3,(H,21,24). The molecule has 0 aliphatic carbocycles. The van der Waals surface area contributed by atoms with E-state index < -0.39 is 22.0 Å². The van der Waals surface area contributed by atoms with Gasteiger partial charge in [-0.05, 0) is 42.2 Å². The maximum atomic E-state index is 12.4. The molecule has 10 heteroatoms. The minimum absolute atomic E-state index is 0.0160. The van der Waals surface area contributed by atoms with Crippen molar-refractivity contribution in [3.05, 3.63) is 42.7 Å². The van der Waals surface area contributed by atoms with Crippen LogP contribution in [-0.2, 0) is 14.8 Å². The predicted molar refractivity (Wildman–Crippen MR) is 99.9 cm³/mol. The number of amides is 1. The number of nitrogens with zero attached hydrogens (tertiary/aromatic N) is 2. The Bertz CT molecular complexity index is 888. The molecular weight excluding hydrogens is 368 g/mol. The monoisotopic (exact) mass is 392 g/mol. The minimum atomic E-state index is -3.87. The van der Waals surface area contributed by atoms with Gasteiger partial charge in [-0.1, -0.05) is 20.8 Å². The number of aromatic nitrogens is 2. The second-order valence-corrected chi connectivity index (χ2v) is 9.22. The maximum absolute atomic E-state index is 12.4. The fourth-order valence-electron chi connectivity index (χ4n) is 2.76. The van der Waals surface area contributed by atoms with Gasteiger partial charge in [0.15, 0.2) is 0 Å². The number of carbonyl (C=O) groups is 1. The van der Waals surface area contributed by atoms with E-state index in [9.17, 15) is 13.2 Å². The minimum Gasteiger partial charge on any atom is -0.276 e. The summed E-state index contributed by atoms with van der Waals surface area (Å²) in [6.45, 7) is 6.22. The van der Waals surface area contributed by atoms with E-state index in [1.165, 1.54) is 12.1 Å². The molecule has 2 heterocycles. The average Bonchev–Trinajstić information content (AvgIpc) is 3.31. The van der Waals surface area contributed by atoms with Crippen molar-refractivity contribution in [2.45, 2.75) is 44.2 Å². The molecule has 0 radical (unpaired) electrons. The SMILES string of the molecule is CC(C)(C)C1CC(C(=O)NNS(=O)(=O)c2ccc(-n3cccn3)cc2)NN1. The lowest BCUT2D eigenvalue weighted by Crippen LogP contribution is -2.50. The van der Waals surface area contributed by atoms with Gasteiger partial charge in [0.1, 0.15) is 6.04 Å². The third-order valence-corrected chi connectivity index (χ3v) is 5.75. The molecule has 1 aromatic carbocycles. The van der Waals surface area contributed by atoms with Gasteiger partial charge in [0, 0.05) is 18.4 Å². The van der Waals surface area contributed by atoms with E-state index in [4.69, 9.17) is 0 Å². The van der Waals surface area contributed by atoms with Crippen LogP contribution < -0.4 is 21.1 Å². The summed E-state index contributed by atoms with van der Waals surface area (Å²) in [7, 11) is -3.87. The Hall–Kier alpha value is -2.27. The second kappa shape index (κ2) is 7.39. The van der Waals surface area contributed by atoms with E-state index in [2.05, 4.69) is 47.0 Å². The molecule has 2 unspecified atom stereocenters. The van der Waals surface area contributed by atoms with Gasteiger partial charge in [-0.25, -0.2) is 18.5 Å². The molecule has 0 spiro atoms. The smallest absolute Gasteiger partial charge is 0.257 e. The molecule has 0 saturated carbocycles. The summed E-state index contributed by atoms with van der Waals surface area (Å²) < 4.78 is 26.4. The fourth-order valence-corrected chi connectivity index (χ4v) is 3.61. The van der Waals surface area contributed by atoms with Crippen molar-refractivity contribution in [2.75, 3.05) is 0 Å². The lowest BCUT2D eigenvalue weighted by molar-refractivity contribution is -0.123. The second-order valence-electron chi connectivity index (χ2n) is 7.53. The quantitative estimate of drug-likeness (QED) is 0.550. The van der Waals surface area contributed by atoms with Crippen molar-refractivity contribution >= 4 is 15.9 Å². The van der Waals surface area contributed by atoms with Crippen molar-refractivity contribution in [1.82, 2.24) is 30.9 Å². The van der Waals surface area contributed by atoms with Crippen molar-refractivity contribution in [3.8, 4) is 5.69 Å². The number of sulfonamides is 1. The first-order valence-electron chi connectivity index (χ1n) is 8.59. The van der Waals surface area contributed by atoms with Crippen molar-refractivity contribution < 1.29 is 13.2 Å². The van der Waals surface area contributed by atoms with Crippen molar-refractivity contribution in [3.63, 3.8) is 0 Å². The Morgan fingerprint density at radius 2 is 1.93 bits per heavy atom. The summed E-state index contributed by atoms with van der Waals surface area (Å²) in [5.41, 5.74) is 8.98. The van der Waals surface area contributed by atoms with Crippen LogP contribution >= 0.6 is 0 Å². The van der Waals surface area contributed by atoms with Crippen LogP contribution in [-0.4, -0.2) is 36.2 Å². The van der Waals surface area contributed by atoms with Crippen LogP contribution in [0.15, 0.2) is 47.6 Å². The van der Waals surface area contributed by atoms with E-state index in [1.807, 2.05) is 0 Å². The number of rotatable bonds is 5. The Kier molecular flexibility index (Phi) is 5.33. The van der Waals surface area contributed by atoms with Crippen molar-refractivity contribution in [1.29, 1.82) is 0 Å². The summed E-state index contributed by atoms with van der Waals surface area (Å²) in [6, 6.07) is 7.56. The molecule has 3 rings (SSSR count). The lowest BCUT2D eigenvalue weighted by Gasteiger charge is -2.25. The third kappa shape index (κ3) is 4.53. The molecule has 1 aliphatic heterocycles. The number of nitrogens with one attached hydrogen (secondary N) is 4. The Balaban J connectivity index is 1.59. The van der Waals surface area contributed by atoms with Crippen LogP contribution in [0.2, 0.25) is 0 Å². The van der Waals surface area contributed by atoms with Gasteiger partial charge in [0.2, 0.25) is 0 Å². The highest BCUT2D eigenvalue weighted by Gasteiger charge is 2.36. The number of benzene rings is 1. The van der Waals surface area contributed by atoms with E-state index in [-0.39, 0.29) is 16.4 Å². The number of hydrogen-bond donors (Lipinski definition) is 4. The van der Waals surface area contributed by atoms with Gasteiger partial charge < -0.3 is 0 Å². The zero-order valence-electron chi connectivity index (χ0n) is 15.4. The highest BCUT2D eigenvalue weighted by atomic mass is 32.2. The first-order chi connectivity index (χ1) is 12.7. The van der Waals surface area contributed by atoms with E-state index in [0.717, 1.165) is 5.69 Å². The summed E-state index contributed by atoms with van der Waals surface area (Å²) in [5, 5.41) is 4.09. The lowest BCUT2D eigenvalue weighted by atomic mass is 9.84. The Labute approximate surface area is 158 Å². The molecule has 1 aromatic heterocycles. The van der Waals surface area contributed by atoms with Crippen molar-refractivity contribution in [2.24, 2.45) is 5.41 Å². The van der Waals surface area contributed by atoms with Crippen LogP contribution in [0, 0.1) is 5.41 Å². The molecule has 1 fully saturated rings. The Morgan fingerprint density at radius 1 is 1.22 bits per heavy atom. The van der Waals surface area contributed by atoms with Gasteiger partial charge in [0.25, 0.3) is 15.9 Å². The molecular formula is C17H24N6O3S. The molecule has 1 saturated heterocycles. The molecule has 1 aliphatic rings. The normalized spacial score (nSPS) is 20.6. The molecule has 0 bridgehead atoms. The summed E-state index contributed by atoms with van der Waals surface area (Å²) in [6.07, 6.45) is 3.96. The van der Waals surface area contributed by atoms with Crippen LogP contribution in [0.3, 0.4) is 0 Å². The molecule has 2 aromatic rings. The molecule has 1 amide bonds. The molecule has 2 atom stereocenters. The largest absolute Gasteiger partial charge is 0.276 e. The average molecular weight is 392 g/mol. The topological polar surface area (TPSA) is 117 Å². The Morgan fingerprint density at radius 3 is 2.48 bits per heavy atom. The predicted octanol–water partition coefficient (Wildman–Crippen LogP) is 0.463. The van der Waals surface area contributed by atoms with E-state index >= 15 is 0 Å². The fraction of sp³-hybridized carbons (Fsp3) is 0.412. The molecule has 9 nitrogen and oxygen atoms in total. The van der Waals surface area contributed by atoms with Gasteiger partial charge in [0.05, 0.1) is 10.6 Å². The van der Waals surface area contributed by atoms with E-state index in [1.54, 1.807) is 35.3 Å². The zero-order valence-corrected chi connectivity index (χ0v) is 16.2. The van der Waals surface area contributed by atoms with Gasteiger partial charge in [-0.3, -0.25) is 15.6 Å². The number of hydrazine groups is 2. The van der Waals surface area contributed by atoms with Crippen LogP contribution in [0.5, 0.6) is 0 Å². The number of hydrogen-bond acceptors (Lipinski definition) is 6. The van der Waals surface area contributed by atoms with Crippen LogP contribution in [0.25, 0.3) is 5.69 Å². The highest BCUT2D eigenvalue weighted by molar-refractivity contribution is 7.89. The summed E-state index contributed by atoms with van der Waals surface area (Å²) in [4.78, 5) is 14.4. The van der Waals surface area contributed by atoms with E-state index in [0.29, 0.717) is 6.42 Å². The zero-order chi connectivity index (χ0) is 19.7. The highest BCUT2D eigenvalue weighted by Crippen LogP contribution is 2.25. The first kappa shape index (κ1) is 19.5. The molecule has 4 N–H and O–H groups in total. The van der Waals surface area contributed by atoms with Crippen LogP contribution in [0.1, 0.15) is 27.2 Å². The van der Waals surface area contributed by atoms with Crippen LogP contribution in [0.4, 0.5) is 0 Å². The number of carbonyl (C=O) groups excluding carboxylic acids is 1. The maximum Gasteiger partial charge on any atom is 0.257 e. The van der Waals surface area contributed by atoms with Gasteiger partial charge in [-0.15, -0.1) is 4.83 Å². The third-order valence-electron chi connectivity index (χ3n) is 4.49. The van der Waals surface area contributed by atoms with Gasteiger partial charge >= 0.3 is 0 Å². The molecule has 146 valence electrons. The van der Waals surface area contributed by atoms with Gasteiger partial charge in [-0.2, -0.15) is 5.10 Å². The molecule has 27 heavy (non-hydrogen) atoms. The summed E-state index contributed by atoms with van der Waals surface area (Å²) in [5.74, 6) is -0.439. The first-order valence-corrected chi connectivity index (χ1v) is 10.1. The summed E-state index contributed by atoms with van der Waals surface area (Å²) >= 11 is 0.